The number of morpholine rings is 1. The number of carbonyl (C=O) groups is 2. The van der Waals surface area contributed by atoms with Crippen molar-refractivity contribution in [2.45, 2.75) is 4.90 Å². The predicted molar refractivity (Wildman–Crippen MR) is 105 cm³/mol. The van der Waals surface area contributed by atoms with Gasteiger partial charge in [0.15, 0.2) is 6.61 Å². The van der Waals surface area contributed by atoms with E-state index < -0.39 is 28.4 Å². The highest BCUT2D eigenvalue weighted by atomic mass is 35.5. The Balaban J connectivity index is 1.75. The summed E-state index contributed by atoms with van der Waals surface area (Å²) >= 11 is 12.9. The molecule has 3 rings (SSSR count). The van der Waals surface area contributed by atoms with Crippen molar-refractivity contribution in [3.8, 4) is 0 Å². The second-order valence-corrected chi connectivity index (χ2v) is 9.79. The summed E-state index contributed by atoms with van der Waals surface area (Å²) in [5.41, 5.74) is -0.0201. The summed E-state index contributed by atoms with van der Waals surface area (Å²) in [5, 5.41) is -0.00709. The average Bonchev–Trinajstić information content (AvgIpc) is 3.13. The van der Waals surface area contributed by atoms with Gasteiger partial charge in [-0.3, -0.25) is 4.79 Å². The molecule has 1 aliphatic heterocycles. The van der Waals surface area contributed by atoms with E-state index in [1.807, 2.05) is 0 Å². The molecule has 2 aromatic rings. The third-order valence-electron chi connectivity index (χ3n) is 3.94. The summed E-state index contributed by atoms with van der Waals surface area (Å²) in [5.74, 6) is -1.23. The molecular formula is C17H15Cl2NO6S2. The van der Waals surface area contributed by atoms with Crippen molar-refractivity contribution in [2.24, 2.45) is 0 Å². The van der Waals surface area contributed by atoms with Crippen LogP contribution in [0, 0.1) is 0 Å². The van der Waals surface area contributed by atoms with Gasteiger partial charge in [0.2, 0.25) is 15.8 Å². The lowest BCUT2D eigenvalue weighted by Gasteiger charge is -2.26. The number of esters is 1. The SMILES string of the molecule is O=C(OCC(=O)c1ccc(Cl)s1)c1ccc(Cl)c(S(=O)(=O)N2CCOCC2)c1. The number of carbonyl (C=O) groups excluding carboxylic acids is 2. The van der Waals surface area contributed by atoms with E-state index in [1.54, 1.807) is 12.1 Å². The van der Waals surface area contributed by atoms with Gasteiger partial charge in [0.05, 0.1) is 33.0 Å². The number of halogens is 2. The van der Waals surface area contributed by atoms with Gasteiger partial charge in [-0.05, 0) is 30.3 Å². The number of nitrogens with zero attached hydrogens (tertiary/aromatic N) is 1. The van der Waals surface area contributed by atoms with Crippen molar-refractivity contribution in [1.29, 1.82) is 0 Å². The van der Waals surface area contributed by atoms with Crippen LogP contribution in [0.3, 0.4) is 0 Å². The van der Waals surface area contributed by atoms with Gasteiger partial charge in [-0.2, -0.15) is 4.31 Å². The van der Waals surface area contributed by atoms with Gasteiger partial charge in [-0.1, -0.05) is 23.2 Å². The number of sulfonamides is 1. The Bertz CT molecular complexity index is 999. The molecule has 1 aromatic heterocycles. The molecule has 11 heteroatoms. The third-order valence-corrected chi connectivity index (χ3v) is 7.59. The molecule has 2 heterocycles. The molecule has 0 aliphatic carbocycles. The molecule has 0 N–H and O–H groups in total. The first-order valence-corrected chi connectivity index (χ1v) is 11.1. The molecule has 150 valence electrons. The smallest absolute Gasteiger partial charge is 0.338 e. The fourth-order valence-corrected chi connectivity index (χ4v) is 5.38. The standard InChI is InChI=1S/C17H15Cl2NO6S2/c18-12-2-1-11(9-15(12)28(23,24)20-5-7-25-8-6-20)17(22)26-10-13(21)14-3-4-16(19)27-14/h1-4,9H,5-8,10H2. The first-order chi connectivity index (χ1) is 13.3. The van der Waals surface area contributed by atoms with E-state index in [0.717, 1.165) is 17.4 Å². The maximum absolute atomic E-state index is 12.8. The van der Waals surface area contributed by atoms with Gasteiger partial charge in [0.25, 0.3) is 0 Å². The highest BCUT2D eigenvalue weighted by Crippen LogP contribution is 2.27. The second-order valence-electron chi connectivity index (χ2n) is 5.76. The number of ether oxygens (including phenoxy) is 2. The van der Waals surface area contributed by atoms with Crippen LogP contribution in [0.5, 0.6) is 0 Å². The van der Waals surface area contributed by atoms with Crippen LogP contribution >= 0.6 is 34.5 Å². The Hall–Kier alpha value is -1.49. The van der Waals surface area contributed by atoms with Gasteiger partial charge < -0.3 is 9.47 Å². The van der Waals surface area contributed by atoms with Crippen LogP contribution < -0.4 is 0 Å². The van der Waals surface area contributed by atoms with E-state index in [4.69, 9.17) is 32.7 Å². The van der Waals surface area contributed by atoms with E-state index in [1.165, 1.54) is 16.4 Å². The number of benzene rings is 1. The monoisotopic (exact) mass is 463 g/mol. The topological polar surface area (TPSA) is 90.0 Å². The number of Topliss-reactive ketones (excluding diaryl/α,β-unsaturated/α-hetero) is 1. The first kappa shape index (κ1) is 21.2. The molecule has 28 heavy (non-hydrogen) atoms. The first-order valence-electron chi connectivity index (χ1n) is 8.12. The molecule has 7 nitrogen and oxygen atoms in total. The zero-order chi connectivity index (χ0) is 20.3. The van der Waals surface area contributed by atoms with E-state index >= 15 is 0 Å². The maximum atomic E-state index is 12.8. The van der Waals surface area contributed by atoms with Gasteiger partial charge in [-0.15, -0.1) is 11.3 Å². The molecule has 1 aromatic carbocycles. The number of rotatable bonds is 6. The van der Waals surface area contributed by atoms with E-state index in [2.05, 4.69) is 0 Å². The minimum absolute atomic E-state index is 0.00709. The summed E-state index contributed by atoms with van der Waals surface area (Å²) in [6, 6.07) is 6.92. The average molecular weight is 464 g/mol. The molecule has 0 bridgehead atoms. The van der Waals surface area contributed by atoms with Gasteiger partial charge in [0.1, 0.15) is 4.90 Å². The normalized spacial score (nSPS) is 15.4. The van der Waals surface area contributed by atoms with Crippen molar-refractivity contribution < 1.29 is 27.5 Å². The van der Waals surface area contributed by atoms with Gasteiger partial charge in [0, 0.05) is 13.1 Å². The molecule has 1 saturated heterocycles. The summed E-state index contributed by atoms with van der Waals surface area (Å²) in [6.45, 7) is 0.487. The zero-order valence-electron chi connectivity index (χ0n) is 14.4. The van der Waals surface area contributed by atoms with Crippen LogP contribution in [0.4, 0.5) is 0 Å². The number of hydrogen-bond acceptors (Lipinski definition) is 7. The van der Waals surface area contributed by atoms with Crippen molar-refractivity contribution in [1.82, 2.24) is 4.31 Å². The molecule has 1 aliphatic rings. The fraction of sp³-hybridized carbons (Fsp3) is 0.294. The number of ketones is 1. The summed E-state index contributed by atoms with van der Waals surface area (Å²) in [6.07, 6.45) is 0. The summed E-state index contributed by atoms with van der Waals surface area (Å²) in [7, 11) is -3.89. The highest BCUT2D eigenvalue weighted by molar-refractivity contribution is 7.89. The minimum atomic E-state index is -3.89. The Morgan fingerprint density at radius 2 is 1.86 bits per heavy atom. The van der Waals surface area contributed by atoms with Crippen molar-refractivity contribution in [2.75, 3.05) is 32.9 Å². The Morgan fingerprint density at radius 3 is 2.50 bits per heavy atom. The predicted octanol–water partition coefficient (Wildman–Crippen LogP) is 3.12. The molecular weight excluding hydrogens is 449 g/mol. The fourth-order valence-electron chi connectivity index (χ4n) is 2.50. The van der Waals surface area contributed by atoms with Crippen LogP contribution in [-0.4, -0.2) is 57.4 Å². The van der Waals surface area contributed by atoms with E-state index in [-0.39, 0.29) is 41.8 Å². The molecule has 0 spiro atoms. The van der Waals surface area contributed by atoms with Crippen molar-refractivity contribution in [3.05, 3.63) is 50.1 Å². The second kappa shape index (κ2) is 8.89. The van der Waals surface area contributed by atoms with Gasteiger partial charge >= 0.3 is 5.97 Å². The van der Waals surface area contributed by atoms with Crippen molar-refractivity contribution >= 4 is 56.3 Å². The number of hydrogen-bond donors (Lipinski definition) is 0. The maximum Gasteiger partial charge on any atom is 0.338 e. The Kier molecular flexibility index (Phi) is 6.74. The lowest BCUT2D eigenvalue weighted by Crippen LogP contribution is -2.40. The minimum Gasteiger partial charge on any atom is -0.454 e. The van der Waals surface area contributed by atoms with E-state index in [0.29, 0.717) is 9.21 Å². The van der Waals surface area contributed by atoms with Crippen LogP contribution in [0.25, 0.3) is 0 Å². The van der Waals surface area contributed by atoms with Crippen LogP contribution in [-0.2, 0) is 19.5 Å². The summed E-state index contributed by atoms with van der Waals surface area (Å²) in [4.78, 5) is 24.5. The number of thiophene rings is 1. The lowest BCUT2D eigenvalue weighted by atomic mass is 10.2. The molecule has 0 atom stereocenters. The van der Waals surface area contributed by atoms with Crippen LogP contribution in [0.1, 0.15) is 20.0 Å². The largest absolute Gasteiger partial charge is 0.454 e. The lowest BCUT2D eigenvalue weighted by molar-refractivity contribution is 0.0475. The van der Waals surface area contributed by atoms with Gasteiger partial charge in [-0.25, -0.2) is 13.2 Å². The van der Waals surface area contributed by atoms with Crippen LogP contribution in [0.15, 0.2) is 35.2 Å². The zero-order valence-corrected chi connectivity index (χ0v) is 17.5. The third kappa shape index (κ3) is 4.73. The molecule has 1 fully saturated rings. The Labute approximate surface area is 175 Å². The Morgan fingerprint density at radius 1 is 1.14 bits per heavy atom. The quantitative estimate of drug-likeness (QED) is 0.482. The van der Waals surface area contributed by atoms with Crippen molar-refractivity contribution in [3.63, 3.8) is 0 Å². The van der Waals surface area contributed by atoms with Crippen LogP contribution in [0.2, 0.25) is 9.36 Å². The van der Waals surface area contributed by atoms with E-state index in [9.17, 15) is 18.0 Å². The molecule has 0 unspecified atom stereocenters. The molecule has 0 saturated carbocycles. The molecule has 0 radical (unpaired) electrons. The highest BCUT2D eigenvalue weighted by Gasteiger charge is 2.29. The molecule has 0 amide bonds. The summed E-state index contributed by atoms with van der Waals surface area (Å²) < 4.78 is 37.5.